The first-order valence-electron chi connectivity index (χ1n) is 8.87. The van der Waals surface area contributed by atoms with Crippen LogP contribution < -0.4 is 20.2 Å². The number of nitro groups is 1. The summed E-state index contributed by atoms with van der Waals surface area (Å²) in [5, 5.41) is 17.5. The molecule has 0 amide bonds. The Kier molecular flexibility index (Phi) is 7.07. The number of aromatic nitrogens is 4. The van der Waals surface area contributed by atoms with E-state index in [2.05, 4.69) is 30.5 Å². The molecule has 2 aromatic heterocycles. The second-order valence-electron chi connectivity index (χ2n) is 5.98. The van der Waals surface area contributed by atoms with E-state index in [1.54, 1.807) is 7.11 Å². The lowest BCUT2D eigenvalue weighted by molar-refractivity contribution is -0.385. The van der Waals surface area contributed by atoms with Gasteiger partial charge in [0.25, 0.3) is 0 Å². The van der Waals surface area contributed by atoms with Crippen molar-refractivity contribution >= 4 is 34.8 Å². The Morgan fingerprint density at radius 2 is 1.94 bits per heavy atom. The smallest absolute Gasteiger partial charge is 0.365 e. The van der Waals surface area contributed by atoms with Crippen LogP contribution in [-0.2, 0) is 11.3 Å². The molecule has 0 unspecified atom stereocenters. The normalized spacial score (nSPS) is 10.2. The Morgan fingerprint density at radius 1 is 1.19 bits per heavy atom. The SMILES string of the molecule is COC(=O)c1c([N+](=O)[O-])cnn1NC(=S)Nc1cnc(OCc2ccc(OC)cc2)cn1. The van der Waals surface area contributed by atoms with Gasteiger partial charge in [0.2, 0.25) is 11.6 Å². The minimum atomic E-state index is -0.956. The van der Waals surface area contributed by atoms with Gasteiger partial charge in [-0.1, -0.05) is 12.1 Å². The number of thiocarbonyl (C=S) groups is 1. The Hall–Kier alpha value is -4.33. The summed E-state index contributed by atoms with van der Waals surface area (Å²) in [4.78, 5) is 31.3. The van der Waals surface area contributed by atoms with Gasteiger partial charge in [0.1, 0.15) is 18.6 Å². The number of nitrogens with zero attached hydrogens (tertiary/aromatic N) is 5. The molecule has 0 radical (unpaired) electrons. The van der Waals surface area contributed by atoms with E-state index in [9.17, 15) is 14.9 Å². The van der Waals surface area contributed by atoms with E-state index in [4.69, 9.17) is 21.7 Å². The highest BCUT2D eigenvalue weighted by molar-refractivity contribution is 7.80. The van der Waals surface area contributed by atoms with Crippen molar-refractivity contribution in [3.8, 4) is 11.6 Å². The number of hydrogen-bond acceptors (Lipinski definition) is 10. The minimum absolute atomic E-state index is 0.0469. The molecule has 0 bridgehead atoms. The molecular weight excluding hydrogens is 442 g/mol. The average Bonchev–Trinajstić information content (AvgIpc) is 3.22. The number of methoxy groups -OCH3 is 2. The number of carbonyl (C=O) groups is 1. The number of rotatable bonds is 8. The zero-order valence-electron chi connectivity index (χ0n) is 16.8. The molecule has 14 heteroatoms. The molecule has 3 aromatic rings. The third-order valence-corrected chi connectivity index (χ3v) is 4.14. The highest BCUT2D eigenvalue weighted by Gasteiger charge is 2.28. The van der Waals surface area contributed by atoms with Gasteiger partial charge in [-0.3, -0.25) is 15.5 Å². The molecule has 1 aromatic carbocycles. The van der Waals surface area contributed by atoms with Crippen LogP contribution >= 0.6 is 12.2 Å². The first-order valence-corrected chi connectivity index (χ1v) is 9.28. The molecule has 0 aliphatic carbocycles. The van der Waals surface area contributed by atoms with E-state index in [0.717, 1.165) is 29.4 Å². The third kappa shape index (κ3) is 5.42. The zero-order chi connectivity index (χ0) is 23.1. The maximum Gasteiger partial charge on any atom is 0.365 e. The maximum absolute atomic E-state index is 11.9. The summed E-state index contributed by atoms with van der Waals surface area (Å²) in [6, 6.07) is 7.39. The summed E-state index contributed by atoms with van der Waals surface area (Å²) in [5.41, 5.74) is 2.50. The van der Waals surface area contributed by atoms with Crippen LogP contribution in [0.3, 0.4) is 0 Å². The fraction of sp³-hybridized carbons (Fsp3) is 0.167. The molecule has 3 rings (SSSR count). The molecule has 2 N–H and O–H groups in total. The summed E-state index contributed by atoms with van der Waals surface area (Å²) >= 11 is 5.13. The predicted octanol–water partition coefficient (Wildman–Crippen LogP) is 1.90. The molecule has 2 heterocycles. The molecule has 166 valence electrons. The van der Waals surface area contributed by atoms with Crippen LogP contribution in [0.5, 0.6) is 11.6 Å². The highest BCUT2D eigenvalue weighted by Crippen LogP contribution is 2.18. The summed E-state index contributed by atoms with van der Waals surface area (Å²) < 4.78 is 15.2. The van der Waals surface area contributed by atoms with Crippen LogP contribution in [-0.4, -0.2) is 50.1 Å². The van der Waals surface area contributed by atoms with Crippen molar-refractivity contribution in [2.45, 2.75) is 6.61 Å². The Labute approximate surface area is 186 Å². The van der Waals surface area contributed by atoms with Gasteiger partial charge >= 0.3 is 11.7 Å². The second-order valence-corrected chi connectivity index (χ2v) is 6.39. The lowest BCUT2D eigenvalue weighted by Crippen LogP contribution is -2.31. The lowest BCUT2D eigenvalue weighted by atomic mass is 10.2. The van der Waals surface area contributed by atoms with Gasteiger partial charge in [-0.25, -0.2) is 14.8 Å². The van der Waals surface area contributed by atoms with Crippen LogP contribution in [0, 0.1) is 10.1 Å². The van der Waals surface area contributed by atoms with Crippen LogP contribution in [0.4, 0.5) is 11.5 Å². The number of esters is 1. The molecular formula is C18H17N7O6S. The van der Waals surface area contributed by atoms with Crippen LogP contribution in [0.15, 0.2) is 42.9 Å². The van der Waals surface area contributed by atoms with Gasteiger partial charge in [0, 0.05) is 0 Å². The van der Waals surface area contributed by atoms with Gasteiger partial charge in [-0.15, -0.1) is 0 Å². The Bertz CT molecular complexity index is 1120. The zero-order valence-corrected chi connectivity index (χ0v) is 17.7. The van der Waals surface area contributed by atoms with E-state index in [-0.39, 0.29) is 10.9 Å². The Morgan fingerprint density at radius 3 is 2.53 bits per heavy atom. The van der Waals surface area contributed by atoms with Crippen molar-refractivity contribution in [3.05, 3.63) is 64.2 Å². The molecule has 0 saturated carbocycles. The number of ether oxygens (including phenoxy) is 3. The third-order valence-electron chi connectivity index (χ3n) is 3.95. The molecule has 13 nitrogen and oxygen atoms in total. The largest absolute Gasteiger partial charge is 0.497 e. The summed E-state index contributed by atoms with van der Waals surface area (Å²) in [6.07, 6.45) is 3.67. The lowest BCUT2D eigenvalue weighted by Gasteiger charge is -2.11. The average molecular weight is 459 g/mol. The molecule has 0 atom stereocenters. The van der Waals surface area contributed by atoms with E-state index < -0.39 is 22.3 Å². The van der Waals surface area contributed by atoms with E-state index in [1.165, 1.54) is 12.4 Å². The number of carbonyl (C=O) groups excluding carboxylic acids is 1. The van der Waals surface area contributed by atoms with Crippen molar-refractivity contribution in [2.75, 3.05) is 25.0 Å². The van der Waals surface area contributed by atoms with Crippen LogP contribution in [0.2, 0.25) is 0 Å². The molecule has 0 fully saturated rings. The fourth-order valence-electron chi connectivity index (χ4n) is 2.42. The number of nitrogens with one attached hydrogen (secondary N) is 2. The van der Waals surface area contributed by atoms with Gasteiger partial charge in [0.05, 0.1) is 31.5 Å². The van der Waals surface area contributed by atoms with Gasteiger partial charge in [-0.2, -0.15) is 9.89 Å². The number of benzene rings is 1. The fourth-order valence-corrected chi connectivity index (χ4v) is 2.61. The first-order chi connectivity index (χ1) is 15.4. The van der Waals surface area contributed by atoms with Gasteiger partial charge in [-0.05, 0) is 29.9 Å². The first kappa shape index (κ1) is 22.4. The van der Waals surface area contributed by atoms with Crippen LogP contribution in [0.1, 0.15) is 16.1 Å². The molecule has 32 heavy (non-hydrogen) atoms. The van der Waals surface area contributed by atoms with E-state index >= 15 is 0 Å². The minimum Gasteiger partial charge on any atom is -0.497 e. The van der Waals surface area contributed by atoms with Crippen molar-refractivity contribution < 1.29 is 23.9 Å². The van der Waals surface area contributed by atoms with Crippen molar-refractivity contribution in [1.82, 2.24) is 19.9 Å². The second kappa shape index (κ2) is 10.1. The number of anilines is 1. The number of hydrogen-bond donors (Lipinski definition) is 2. The highest BCUT2D eigenvalue weighted by atomic mass is 32.1. The monoisotopic (exact) mass is 459 g/mol. The Balaban J connectivity index is 1.59. The van der Waals surface area contributed by atoms with E-state index in [0.29, 0.717) is 12.5 Å². The predicted molar refractivity (Wildman–Crippen MR) is 115 cm³/mol. The standard InChI is InChI=1S/C18H17N7O6S/c1-29-12-5-3-11(4-6-12)10-31-15-9-19-14(8-20-15)22-18(32)23-24-16(17(26)30-2)13(7-21-24)25(27)28/h3-9H,10H2,1-2H3,(H2,19,22,23,32). The summed E-state index contributed by atoms with van der Waals surface area (Å²) in [5.74, 6) is 0.348. The summed E-state index contributed by atoms with van der Waals surface area (Å²) in [7, 11) is 2.68. The molecule has 0 saturated heterocycles. The van der Waals surface area contributed by atoms with Crippen LogP contribution in [0.25, 0.3) is 0 Å². The van der Waals surface area contributed by atoms with E-state index in [1.807, 2.05) is 24.3 Å². The topological polar surface area (TPSA) is 156 Å². The van der Waals surface area contributed by atoms with Crippen molar-refractivity contribution in [1.29, 1.82) is 0 Å². The maximum atomic E-state index is 11.9. The molecule has 0 spiro atoms. The molecule has 0 aliphatic heterocycles. The summed E-state index contributed by atoms with van der Waals surface area (Å²) in [6.45, 7) is 0.291. The quantitative estimate of drug-likeness (QED) is 0.219. The van der Waals surface area contributed by atoms with Crippen molar-refractivity contribution in [2.24, 2.45) is 0 Å². The van der Waals surface area contributed by atoms with Crippen molar-refractivity contribution in [3.63, 3.8) is 0 Å². The molecule has 0 aliphatic rings. The van der Waals surface area contributed by atoms with Gasteiger partial charge in [0.15, 0.2) is 10.9 Å². The van der Waals surface area contributed by atoms with Gasteiger partial charge < -0.3 is 19.5 Å².